The molecule has 0 aromatic heterocycles. The fourth-order valence-electron chi connectivity index (χ4n) is 4.20. The second-order valence-electron chi connectivity index (χ2n) is 10.0. The molecule has 1 aromatic carbocycles. The van der Waals surface area contributed by atoms with Gasteiger partial charge in [0.1, 0.15) is 5.37 Å². The summed E-state index contributed by atoms with van der Waals surface area (Å²) in [5, 5.41) is 3.06. The Morgan fingerprint density at radius 3 is 2.30 bits per heavy atom. The zero-order chi connectivity index (χ0) is 22.1. The lowest BCUT2D eigenvalue weighted by Gasteiger charge is -2.35. The van der Waals surface area contributed by atoms with Gasteiger partial charge < -0.3 is 15.1 Å². The Hall–Kier alpha value is -1.69. The number of nitrogens with one attached hydrogen (secondary N) is 1. The number of thioether (sulfide) groups is 1. The van der Waals surface area contributed by atoms with Crippen LogP contribution in [0.1, 0.15) is 70.9 Å². The molecule has 1 N–H and O–H groups in total. The van der Waals surface area contributed by atoms with Crippen molar-refractivity contribution in [2.75, 3.05) is 19.6 Å². The Balaban J connectivity index is 1.64. The number of hydrogen-bond donors (Lipinski definition) is 1. The Kier molecular flexibility index (Phi) is 7.05. The summed E-state index contributed by atoms with van der Waals surface area (Å²) >= 11 is 1.75. The third-order valence-corrected chi connectivity index (χ3v) is 7.47. The maximum absolute atomic E-state index is 12.9. The van der Waals surface area contributed by atoms with Crippen molar-refractivity contribution in [2.45, 2.75) is 76.5 Å². The lowest BCUT2D eigenvalue weighted by Crippen LogP contribution is -2.48. The van der Waals surface area contributed by atoms with Gasteiger partial charge in [-0.15, -0.1) is 11.8 Å². The van der Waals surface area contributed by atoms with Gasteiger partial charge in [-0.3, -0.25) is 4.79 Å². The Morgan fingerprint density at radius 1 is 1.17 bits per heavy atom. The quantitative estimate of drug-likeness (QED) is 0.747. The lowest BCUT2D eigenvalue weighted by atomic mass is 9.86. The lowest BCUT2D eigenvalue weighted by molar-refractivity contribution is -0.130. The van der Waals surface area contributed by atoms with Crippen molar-refractivity contribution in [2.24, 2.45) is 5.92 Å². The van der Waals surface area contributed by atoms with Gasteiger partial charge in [0.05, 0.1) is 5.25 Å². The van der Waals surface area contributed by atoms with Gasteiger partial charge in [-0.1, -0.05) is 45.0 Å². The van der Waals surface area contributed by atoms with Crippen LogP contribution < -0.4 is 5.32 Å². The van der Waals surface area contributed by atoms with E-state index in [-0.39, 0.29) is 34.0 Å². The molecule has 5 nitrogen and oxygen atoms in total. The highest BCUT2D eigenvalue weighted by Crippen LogP contribution is 2.44. The molecule has 0 saturated carbocycles. The van der Waals surface area contributed by atoms with E-state index in [2.05, 4.69) is 55.3 Å². The summed E-state index contributed by atoms with van der Waals surface area (Å²) in [7, 11) is 0. The molecule has 0 aliphatic carbocycles. The summed E-state index contributed by atoms with van der Waals surface area (Å²) in [6, 6.07) is 8.97. The molecule has 3 amide bonds. The zero-order valence-electron chi connectivity index (χ0n) is 19.3. The minimum atomic E-state index is -0.00537. The average molecular weight is 432 g/mol. The molecule has 2 heterocycles. The summed E-state index contributed by atoms with van der Waals surface area (Å²) in [5.41, 5.74) is 2.65. The Labute approximate surface area is 186 Å². The molecular formula is C24H37N3O2S. The monoisotopic (exact) mass is 431 g/mol. The molecule has 6 heteroatoms. The smallest absolute Gasteiger partial charge is 0.317 e. The molecule has 3 rings (SSSR count). The second kappa shape index (κ2) is 9.21. The number of likely N-dealkylation sites (tertiary alicyclic amines) is 1. The first kappa shape index (κ1) is 23.0. The van der Waals surface area contributed by atoms with E-state index in [0.29, 0.717) is 5.92 Å². The largest absolute Gasteiger partial charge is 0.336 e. The summed E-state index contributed by atoms with van der Waals surface area (Å²) in [4.78, 5) is 29.1. The minimum absolute atomic E-state index is 0.00537. The number of piperidine rings is 1. The van der Waals surface area contributed by atoms with Gasteiger partial charge in [-0.05, 0) is 56.1 Å². The molecule has 2 saturated heterocycles. The molecule has 2 aliphatic rings. The van der Waals surface area contributed by atoms with Gasteiger partial charge in [0.25, 0.3) is 0 Å². The van der Waals surface area contributed by atoms with Crippen LogP contribution in [0.3, 0.4) is 0 Å². The molecule has 2 fully saturated rings. The van der Waals surface area contributed by atoms with Gasteiger partial charge in [-0.2, -0.15) is 0 Å². The van der Waals surface area contributed by atoms with E-state index in [1.54, 1.807) is 11.8 Å². The van der Waals surface area contributed by atoms with E-state index in [9.17, 15) is 9.59 Å². The van der Waals surface area contributed by atoms with Crippen molar-refractivity contribution in [1.82, 2.24) is 15.1 Å². The van der Waals surface area contributed by atoms with E-state index < -0.39 is 0 Å². The number of hydrogen-bond acceptors (Lipinski definition) is 3. The van der Waals surface area contributed by atoms with Crippen LogP contribution >= 0.6 is 11.8 Å². The Morgan fingerprint density at radius 2 is 1.77 bits per heavy atom. The molecule has 30 heavy (non-hydrogen) atoms. The molecule has 0 radical (unpaired) electrons. The number of rotatable bonds is 4. The first-order valence-electron chi connectivity index (χ1n) is 11.2. The van der Waals surface area contributed by atoms with E-state index in [1.807, 2.05) is 25.7 Å². The molecular weight excluding hydrogens is 394 g/mol. The molecule has 1 aromatic rings. The van der Waals surface area contributed by atoms with Gasteiger partial charge in [0.2, 0.25) is 5.91 Å². The highest BCUT2D eigenvalue weighted by Gasteiger charge is 2.40. The summed E-state index contributed by atoms with van der Waals surface area (Å²) in [5.74, 6) is 0.684. The van der Waals surface area contributed by atoms with Crippen LogP contribution in [0.4, 0.5) is 4.79 Å². The van der Waals surface area contributed by atoms with Crippen LogP contribution in [0.15, 0.2) is 24.3 Å². The first-order valence-corrected chi connectivity index (χ1v) is 12.1. The van der Waals surface area contributed by atoms with Crippen LogP contribution in [-0.4, -0.2) is 52.7 Å². The molecule has 0 unspecified atom stereocenters. The normalized spacial score (nSPS) is 23.4. The fourth-order valence-corrected chi connectivity index (χ4v) is 5.49. The third-order valence-electron chi connectivity index (χ3n) is 6.08. The number of benzene rings is 1. The van der Waals surface area contributed by atoms with Crippen LogP contribution in [0.5, 0.6) is 0 Å². The number of nitrogens with zero attached hydrogens (tertiary/aromatic N) is 2. The van der Waals surface area contributed by atoms with Gasteiger partial charge >= 0.3 is 6.03 Å². The standard InChI is InChI=1S/C24H37N3O2S/c1-16(2)25-23(29)26-13-11-18(12-14-26)15-27-21(28)17(3)30-22(27)19-7-9-20(10-8-19)24(4,5)6/h7-10,16-18,22H,11-15H2,1-6H3,(H,25,29)/t17-,22-/m1/s1. The Bertz CT molecular complexity index is 749. The highest BCUT2D eigenvalue weighted by molar-refractivity contribution is 8.01. The van der Waals surface area contributed by atoms with Crippen molar-refractivity contribution < 1.29 is 9.59 Å². The molecule has 2 atom stereocenters. The van der Waals surface area contributed by atoms with E-state index in [4.69, 9.17) is 0 Å². The van der Waals surface area contributed by atoms with Gasteiger partial charge in [0.15, 0.2) is 0 Å². The average Bonchev–Trinajstić information content (AvgIpc) is 2.96. The fraction of sp³-hybridized carbons (Fsp3) is 0.667. The molecule has 2 aliphatic heterocycles. The number of urea groups is 1. The van der Waals surface area contributed by atoms with Crippen molar-refractivity contribution in [3.05, 3.63) is 35.4 Å². The number of carbonyl (C=O) groups is 2. The summed E-state index contributed by atoms with van der Waals surface area (Å²) < 4.78 is 0. The van der Waals surface area contributed by atoms with Crippen molar-refractivity contribution in [1.29, 1.82) is 0 Å². The minimum Gasteiger partial charge on any atom is -0.336 e. The van der Waals surface area contributed by atoms with Gasteiger partial charge in [0, 0.05) is 25.7 Å². The van der Waals surface area contributed by atoms with Crippen molar-refractivity contribution >= 4 is 23.7 Å². The zero-order valence-corrected chi connectivity index (χ0v) is 20.1. The van der Waals surface area contributed by atoms with Crippen LogP contribution in [0.2, 0.25) is 0 Å². The third kappa shape index (κ3) is 5.32. The van der Waals surface area contributed by atoms with Crippen LogP contribution in [0, 0.1) is 5.92 Å². The number of carbonyl (C=O) groups excluding carboxylic acids is 2. The SMILES string of the molecule is CC(C)NC(=O)N1CCC(CN2C(=O)[C@@H](C)S[C@@H]2c2ccc(C(C)(C)C)cc2)CC1. The topological polar surface area (TPSA) is 52.7 Å². The number of amides is 3. The summed E-state index contributed by atoms with van der Waals surface area (Å²) in [6.07, 6.45) is 1.90. The van der Waals surface area contributed by atoms with E-state index in [1.165, 1.54) is 11.1 Å². The van der Waals surface area contributed by atoms with E-state index >= 15 is 0 Å². The van der Waals surface area contributed by atoms with Crippen molar-refractivity contribution in [3.8, 4) is 0 Å². The molecule has 166 valence electrons. The molecule has 0 bridgehead atoms. The predicted octanol–water partition coefficient (Wildman–Crippen LogP) is 4.78. The van der Waals surface area contributed by atoms with Gasteiger partial charge in [-0.25, -0.2) is 4.79 Å². The molecule has 0 spiro atoms. The summed E-state index contributed by atoms with van der Waals surface area (Å²) in [6.45, 7) is 14.9. The maximum atomic E-state index is 12.9. The predicted molar refractivity (Wildman–Crippen MR) is 125 cm³/mol. The van der Waals surface area contributed by atoms with Crippen molar-refractivity contribution in [3.63, 3.8) is 0 Å². The second-order valence-corrected chi connectivity index (χ2v) is 11.5. The van der Waals surface area contributed by atoms with Crippen LogP contribution in [0.25, 0.3) is 0 Å². The first-order chi connectivity index (χ1) is 14.1. The maximum Gasteiger partial charge on any atom is 0.317 e. The highest BCUT2D eigenvalue weighted by atomic mass is 32.2. The van der Waals surface area contributed by atoms with Crippen LogP contribution in [-0.2, 0) is 10.2 Å². The van der Waals surface area contributed by atoms with E-state index in [0.717, 1.165) is 32.5 Å².